The summed E-state index contributed by atoms with van der Waals surface area (Å²) >= 11 is 3.33. The van der Waals surface area contributed by atoms with Crippen LogP contribution in [0.15, 0.2) is 35.0 Å². The Bertz CT molecular complexity index is 519. The van der Waals surface area contributed by atoms with E-state index in [1.807, 2.05) is 39.9 Å². The number of thiophene rings is 2. The third-order valence-corrected chi connectivity index (χ3v) is 4.43. The molecule has 1 amide bonds. The van der Waals surface area contributed by atoms with Gasteiger partial charge in [0.05, 0.1) is 26.2 Å². The van der Waals surface area contributed by atoms with Crippen molar-refractivity contribution in [2.75, 3.05) is 13.1 Å². The Morgan fingerprint density at radius 1 is 1.20 bits per heavy atom. The average molecular weight is 304 g/mol. The Morgan fingerprint density at radius 2 is 1.80 bits per heavy atom. The molecular weight excluding hydrogens is 288 g/mol. The Morgan fingerprint density at radius 3 is 2.25 bits per heavy atom. The first-order valence-corrected chi connectivity index (χ1v) is 8.02. The van der Waals surface area contributed by atoms with Crippen LogP contribution in [0.4, 0.5) is 0 Å². The van der Waals surface area contributed by atoms with E-state index in [-0.39, 0.29) is 12.5 Å². The molecule has 0 unspecified atom stereocenters. The fourth-order valence-electron chi connectivity index (χ4n) is 1.77. The molecule has 0 fully saturated rings. The molecule has 0 saturated heterocycles. The minimum atomic E-state index is 0.0713. The first-order chi connectivity index (χ1) is 9.79. The van der Waals surface area contributed by atoms with Crippen molar-refractivity contribution >= 4 is 28.6 Å². The summed E-state index contributed by atoms with van der Waals surface area (Å²) in [7, 11) is 0. The molecule has 3 nitrogen and oxygen atoms in total. The van der Waals surface area contributed by atoms with Gasteiger partial charge in [-0.3, -0.25) is 10.1 Å². The average Bonchev–Trinajstić information content (AvgIpc) is 3.11. The maximum atomic E-state index is 12.3. The number of amides is 1. The SMILES string of the molecule is C#CCNCC(=O)N(Cc1cccs1)Cc1cccs1. The van der Waals surface area contributed by atoms with Gasteiger partial charge < -0.3 is 4.90 Å². The summed E-state index contributed by atoms with van der Waals surface area (Å²) in [5.41, 5.74) is 0. The van der Waals surface area contributed by atoms with Crippen LogP contribution in [-0.4, -0.2) is 23.9 Å². The van der Waals surface area contributed by atoms with Crippen molar-refractivity contribution < 1.29 is 4.79 Å². The Labute approximate surface area is 127 Å². The van der Waals surface area contributed by atoms with E-state index >= 15 is 0 Å². The molecule has 2 aromatic rings. The van der Waals surface area contributed by atoms with E-state index in [9.17, 15) is 4.79 Å². The second-order valence-corrected chi connectivity index (χ2v) is 6.28. The molecule has 2 heterocycles. The van der Waals surface area contributed by atoms with Crippen molar-refractivity contribution in [2.45, 2.75) is 13.1 Å². The monoisotopic (exact) mass is 304 g/mol. The predicted molar refractivity (Wildman–Crippen MR) is 84.6 cm³/mol. The summed E-state index contributed by atoms with van der Waals surface area (Å²) in [6, 6.07) is 8.11. The summed E-state index contributed by atoms with van der Waals surface area (Å²) in [5.74, 6) is 2.55. The lowest BCUT2D eigenvalue weighted by Gasteiger charge is -2.21. The minimum absolute atomic E-state index is 0.0713. The number of hydrogen-bond donors (Lipinski definition) is 1. The lowest BCUT2D eigenvalue weighted by atomic mass is 10.3. The smallest absolute Gasteiger partial charge is 0.237 e. The zero-order valence-corrected chi connectivity index (χ0v) is 12.7. The Kier molecular flexibility index (Phi) is 5.81. The van der Waals surface area contributed by atoms with E-state index in [1.165, 1.54) is 9.75 Å². The second-order valence-electron chi connectivity index (χ2n) is 4.22. The van der Waals surface area contributed by atoms with E-state index < -0.39 is 0 Å². The topological polar surface area (TPSA) is 32.3 Å². The fraction of sp³-hybridized carbons (Fsp3) is 0.267. The molecule has 0 aliphatic rings. The third-order valence-electron chi connectivity index (χ3n) is 2.71. The number of terminal acetylenes is 1. The van der Waals surface area contributed by atoms with Crippen LogP contribution >= 0.6 is 22.7 Å². The molecule has 0 aliphatic carbocycles. The first-order valence-electron chi connectivity index (χ1n) is 6.26. The molecule has 0 atom stereocenters. The number of carbonyl (C=O) groups is 1. The van der Waals surface area contributed by atoms with E-state index in [0.29, 0.717) is 19.6 Å². The molecule has 20 heavy (non-hydrogen) atoms. The van der Waals surface area contributed by atoms with Crippen molar-refractivity contribution in [1.29, 1.82) is 0 Å². The van der Waals surface area contributed by atoms with Gasteiger partial charge in [-0.25, -0.2) is 0 Å². The number of rotatable bonds is 7. The van der Waals surface area contributed by atoms with Crippen LogP contribution < -0.4 is 5.32 Å². The highest BCUT2D eigenvalue weighted by Crippen LogP contribution is 2.17. The maximum Gasteiger partial charge on any atom is 0.237 e. The predicted octanol–water partition coefficient (Wildman–Crippen LogP) is 2.56. The molecule has 2 rings (SSSR count). The molecule has 0 bridgehead atoms. The van der Waals surface area contributed by atoms with Gasteiger partial charge in [-0.15, -0.1) is 29.1 Å². The highest BCUT2D eigenvalue weighted by Gasteiger charge is 2.15. The van der Waals surface area contributed by atoms with Crippen LogP contribution in [0.25, 0.3) is 0 Å². The quantitative estimate of drug-likeness (QED) is 0.630. The van der Waals surface area contributed by atoms with Gasteiger partial charge in [-0.05, 0) is 22.9 Å². The summed E-state index contributed by atoms with van der Waals surface area (Å²) in [6.45, 7) is 1.98. The summed E-state index contributed by atoms with van der Waals surface area (Å²) in [5, 5.41) is 7.01. The van der Waals surface area contributed by atoms with E-state index in [2.05, 4.69) is 11.2 Å². The van der Waals surface area contributed by atoms with Crippen molar-refractivity contribution in [1.82, 2.24) is 10.2 Å². The zero-order chi connectivity index (χ0) is 14.2. The highest BCUT2D eigenvalue weighted by molar-refractivity contribution is 7.10. The standard InChI is InChI=1S/C15H16N2OS2/c1-2-7-16-10-15(18)17(11-13-5-3-8-19-13)12-14-6-4-9-20-14/h1,3-6,8-9,16H,7,10-12H2. The van der Waals surface area contributed by atoms with Crippen LogP contribution in [0.3, 0.4) is 0 Å². The van der Waals surface area contributed by atoms with E-state index in [4.69, 9.17) is 6.42 Å². The van der Waals surface area contributed by atoms with Crippen molar-refractivity contribution in [2.24, 2.45) is 0 Å². The summed E-state index contributed by atoms with van der Waals surface area (Å²) in [6.07, 6.45) is 5.18. The normalized spacial score (nSPS) is 10.2. The summed E-state index contributed by atoms with van der Waals surface area (Å²) in [4.78, 5) is 16.5. The van der Waals surface area contributed by atoms with Gasteiger partial charge in [0.2, 0.25) is 5.91 Å². The molecule has 1 N–H and O–H groups in total. The largest absolute Gasteiger partial charge is 0.331 e. The maximum absolute atomic E-state index is 12.3. The summed E-state index contributed by atoms with van der Waals surface area (Å²) < 4.78 is 0. The molecule has 5 heteroatoms. The van der Waals surface area contributed by atoms with Gasteiger partial charge in [0, 0.05) is 9.75 Å². The Hall–Kier alpha value is -1.61. The van der Waals surface area contributed by atoms with Crippen LogP contribution in [-0.2, 0) is 17.9 Å². The third kappa shape index (κ3) is 4.49. The molecule has 104 valence electrons. The van der Waals surface area contributed by atoms with Gasteiger partial charge >= 0.3 is 0 Å². The lowest BCUT2D eigenvalue weighted by Crippen LogP contribution is -2.37. The number of nitrogens with one attached hydrogen (secondary N) is 1. The van der Waals surface area contributed by atoms with Crippen LogP contribution in [0.2, 0.25) is 0 Å². The molecule has 0 radical (unpaired) electrons. The van der Waals surface area contributed by atoms with Crippen LogP contribution in [0.1, 0.15) is 9.75 Å². The second kappa shape index (κ2) is 7.85. The zero-order valence-electron chi connectivity index (χ0n) is 11.0. The Balaban J connectivity index is 1.99. The molecule has 0 aliphatic heterocycles. The molecule has 2 aromatic heterocycles. The van der Waals surface area contributed by atoms with Crippen LogP contribution in [0.5, 0.6) is 0 Å². The fourth-order valence-corrected chi connectivity index (χ4v) is 3.21. The van der Waals surface area contributed by atoms with E-state index in [0.717, 1.165) is 0 Å². The highest BCUT2D eigenvalue weighted by atomic mass is 32.1. The first kappa shape index (κ1) is 14.8. The number of carbonyl (C=O) groups excluding carboxylic acids is 1. The van der Waals surface area contributed by atoms with Gasteiger partial charge in [-0.2, -0.15) is 0 Å². The van der Waals surface area contributed by atoms with Gasteiger partial charge in [0.15, 0.2) is 0 Å². The number of nitrogens with zero attached hydrogens (tertiary/aromatic N) is 1. The molecule has 0 spiro atoms. The van der Waals surface area contributed by atoms with Crippen LogP contribution in [0, 0.1) is 12.3 Å². The van der Waals surface area contributed by atoms with Crippen molar-refractivity contribution in [3.05, 3.63) is 44.8 Å². The molecule has 0 aromatic carbocycles. The lowest BCUT2D eigenvalue weighted by molar-refractivity contribution is -0.131. The molecule has 0 saturated carbocycles. The minimum Gasteiger partial charge on any atom is -0.331 e. The van der Waals surface area contributed by atoms with Crippen molar-refractivity contribution in [3.8, 4) is 12.3 Å². The molecular formula is C15H16N2OS2. The van der Waals surface area contributed by atoms with Gasteiger partial charge in [0.1, 0.15) is 0 Å². The van der Waals surface area contributed by atoms with Crippen molar-refractivity contribution in [3.63, 3.8) is 0 Å². The van der Waals surface area contributed by atoms with E-state index in [1.54, 1.807) is 22.7 Å². The van der Waals surface area contributed by atoms with Gasteiger partial charge in [-0.1, -0.05) is 18.1 Å². The number of hydrogen-bond acceptors (Lipinski definition) is 4. The van der Waals surface area contributed by atoms with Gasteiger partial charge in [0.25, 0.3) is 0 Å².